The molecule has 0 saturated heterocycles. The summed E-state index contributed by atoms with van der Waals surface area (Å²) >= 11 is 12.1. The van der Waals surface area contributed by atoms with Gasteiger partial charge >= 0.3 is 5.97 Å². The van der Waals surface area contributed by atoms with Gasteiger partial charge in [0.2, 0.25) is 0 Å². The summed E-state index contributed by atoms with van der Waals surface area (Å²) in [5.41, 5.74) is 1.89. The lowest BCUT2D eigenvalue weighted by molar-refractivity contribution is 0.0735. The van der Waals surface area contributed by atoms with Crippen LogP contribution in [0.1, 0.15) is 31.8 Å². The molecule has 5 heteroatoms. The number of aryl methyl sites for hydroxylation is 1. The lowest BCUT2D eigenvalue weighted by Gasteiger charge is -2.10. The molecule has 0 heterocycles. The topological polar surface area (TPSA) is 43.4 Å². The predicted octanol–water partition coefficient (Wildman–Crippen LogP) is 5.75. The molecule has 3 nitrogen and oxygen atoms in total. The Bertz CT molecular complexity index is 996. The molecule has 0 aliphatic carbocycles. The molecule has 0 aliphatic rings. The maximum Gasteiger partial charge on any atom is 0.345 e. The summed E-state index contributed by atoms with van der Waals surface area (Å²) in [6, 6.07) is 18.4. The summed E-state index contributed by atoms with van der Waals surface area (Å²) in [5.74, 6) is -0.402. The summed E-state index contributed by atoms with van der Waals surface area (Å²) in [6.45, 7) is 1.77. The van der Waals surface area contributed by atoms with E-state index in [1.165, 1.54) is 0 Å². The van der Waals surface area contributed by atoms with Crippen molar-refractivity contribution in [2.75, 3.05) is 0 Å². The Labute approximate surface area is 161 Å². The molecule has 0 amide bonds. The fraction of sp³-hybridized carbons (Fsp3) is 0.0476. The fourth-order valence-corrected chi connectivity index (χ4v) is 2.97. The minimum Gasteiger partial charge on any atom is -0.423 e. The number of ether oxygens (including phenoxy) is 1. The molecule has 3 rings (SSSR count). The van der Waals surface area contributed by atoms with E-state index in [0.717, 1.165) is 0 Å². The number of halogens is 2. The molecule has 0 fully saturated rings. The first-order valence-electron chi connectivity index (χ1n) is 7.84. The molecular formula is C21H14Cl2O3. The number of hydrogen-bond donors (Lipinski definition) is 0. The smallest absolute Gasteiger partial charge is 0.345 e. The van der Waals surface area contributed by atoms with Crippen LogP contribution in [0.5, 0.6) is 5.75 Å². The Morgan fingerprint density at radius 1 is 0.769 bits per heavy atom. The van der Waals surface area contributed by atoms with E-state index in [1.54, 1.807) is 73.7 Å². The molecule has 0 radical (unpaired) electrons. The number of benzene rings is 3. The van der Waals surface area contributed by atoms with Gasteiger partial charge in [-0.25, -0.2) is 4.79 Å². The lowest BCUT2D eigenvalue weighted by atomic mass is 9.99. The van der Waals surface area contributed by atoms with Gasteiger partial charge in [-0.2, -0.15) is 0 Å². The van der Waals surface area contributed by atoms with E-state index in [-0.39, 0.29) is 11.3 Å². The van der Waals surface area contributed by atoms with Gasteiger partial charge in [-0.05, 0) is 55.0 Å². The highest BCUT2D eigenvalue weighted by molar-refractivity contribution is 6.35. The molecule has 0 aromatic heterocycles. The van der Waals surface area contributed by atoms with E-state index in [1.807, 2.05) is 0 Å². The van der Waals surface area contributed by atoms with Crippen LogP contribution >= 0.6 is 23.2 Å². The third-order valence-corrected chi connectivity index (χ3v) is 4.52. The number of ketones is 1. The Morgan fingerprint density at radius 3 is 1.92 bits per heavy atom. The number of esters is 1. The van der Waals surface area contributed by atoms with Crippen molar-refractivity contribution in [3.8, 4) is 5.75 Å². The summed E-state index contributed by atoms with van der Waals surface area (Å²) in [6.07, 6.45) is 0. The van der Waals surface area contributed by atoms with Crippen molar-refractivity contribution in [3.05, 3.63) is 99.0 Å². The summed E-state index contributed by atoms with van der Waals surface area (Å²) in [5, 5.41) is 0.714. The molecule has 3 aromatic carbocycles. The number of carbonyl (C=O) groups is 2. The van der Waals surface area contributed by atoms with Gasteiger partial charge in [-0.1, -0.05) is 47.5 Å². The molecule has 0 aliphatic heterocycles. The van der Waals surface area contributed by atoms with Gasteiger partial charge in [-0.15, -0.1) is 0 Å². The second-order valence-corrected chi connectivity index (χ2v) is 6.47. The van der Waals surface area contributed by atoms with Crippen LogP contribution in [0.15, 0.2) is 66.7 Å². The monoisotopic (exact) mass is 384 g/mol. The maximum absolute atomic E-state index is 12.7. The first kappa shape index (κ1) is 18.2. The summed E-state index contributed by atoms with van der Waals surface area (Å²) in [7, 11) is 0. The zero-order valence-corrected chi connectivity index (χ0v) is 15.3. The van der Waals surface area contributed by atoms with Crippen LogP contribution in [0.2, 0.25) is 10.0 Å². The van der Waals surface area contributed by atoms with Gasteiger partial charge in [-0.3, -0.25) is 4.79 Å². The third-order valence-electron chi connectivity index (χ3n) is 3.87. The normalized spacial score (nSPS) is 10.4. The maximum atomic E-state index is 12.7. The summed E-state index contributed by atoms with van der Waals surface area (Å²) in [4.78, 5) is 24.9. The van der Waals surface area contributed by atoms with Crippen molar-refractivity contribution in [2.24, 2.45) is 0 Å². The number of carbonyl (C=O) groups excluding carboxylic acids is 2. The molecule has 3 aromatic rings. The number of rotatable bonds is 4. The number of hydrogen-bond acceptors (Lipinski definition) is 3. The lowest BCUT2D eigenvalue weighted by Crippen LogP contribution is -2.10. The van der Waals surface area contributed by atoms with E-state index in [9.17, 15) is 9.59 Å². The fourth-order valence-electron chi connectivity index (χ4n) is 2.53. The van der Waals surface area contributed by atoms with Crippen LogP contribution < -0.4 is 4.74 Å². The van der Waals surface area contributed by atoms with Crippen molar-refractivity contribution >= 4 is 35.0 Å². The molecule has 0 unspecified atom stereocenters. The van der Waals surface area contributed by atoms with E-state index < -0.39 is 5.97 Å². The van der Waals surface area contributed by atoms with E-state index in [2.05, 4.69) is 0 Å². The first-order valence-corrected chi connectivity index (χ1v) is 8.59. The molecule has 0 saturated carbocycles. The predicted molar refractivity (Wildman–Crippen MR) is 102 cm³/mol. The summed E-state index contributed by atoms with van der Waals surface area (Å²) < 4.78 is 5.37. The molecular weight excluding hydrogens is 371 g/mol. The molecule has 130 valence electrons. The molecule has 0 spiro atoms. The van der Waals surface area contributed by atoms with Crippen LogP contribution in [0, 0.1) is 6.92 Å². The van der Waals surface area contributed by atoms with Crippen LogP contribution in [0.25, 0.3) is 0 Å². The largest absolute Gasteiger partial charge is 0.423 e. The zero-order valence-electron chi connectivity index (χ0n) is 13.8. The molecule has 26 heavy (non-hydrogen) atoms. The Hall–Kier alpha value is -2.62. The second-order valence-electron chi connectivity index (χ2n) is 5.66. The van der Waals surface area contributed by atoms with E-state index >= 15 is 0 Å². The average molecular weight is 385 g/mol. The van der Waals surface area contributed by atoms with Crippen LogP contribution in [0.3, 0.4) is 0 Å². The SMILES string of the molecule is Cc1cc(OC(=O)c2ccccc2Cl)ccc1C(=O)c1ccccc1Cl. The van der Waals surface area contributed by atoms with E-state index in [0.29, 0.717) is 32.5 Å². The van der Waals surface area contributed by atoms with Gasteiger partial charge < -0.3 is 4.74 Å². The highest BCUT2D eigenvalue weighted by Crippen LogP contribution is 2.25. The van der Waals surface area contributed by atoms with Crippen molar-refractivity contribution < 1.29 is 14.3 Å². The van der Waals surface area contributed by atoms with Crippen molar-refractivity contribution in [1.82, 2.24) is 0 Å². The first-order chi connectivity index (χ1) is 12.5. The second kappa shape index (κ2) is 7.73. The van der Waals surface area contributed by atoms with Gasteiger partial charge in [0, 0.05) is 11.1 Å². The molecule has 0 bridgehead atoms. The van der Waals surface area contributed by atoms with Gasteiger partial charge in [0.25, 0.3) is 0 Å². The minimum atomic E-state index is -0.555. The minimum absolute atomic E-state index is 0.183. The molecule has 0 atom stereocenters. The Balaban J connectivity index is 1.84. The van der Waals surface area contributed by atoms with Crippen molar-refractivity contribution in [3.63, 3.8) is 0 Å². The van der Waals surface area contributed by atoms with Crippen molar-refractivity contribution in [1.29, 1.82) is 0 Å². The van der Waals surface area contributed by atoms with Crippen LogP contribution in [-0.2, 0) is 0 Å². The van der Waals surface area contributed by atoms with Crippen LogP contribution in [0.4, 0.5) is 0 Å². The van der Waals surface area contributed by atoms with Crippen molar-refractivity contribution in [2.45, 2.75) is 6.92 Å². The average Bonchev–Trinajstić information content (AvgIpc) is 2.62. The van der Waals surface area contributed by atoms with Gasteiger partial charge in [0.15, 0.2) is 5.78 Å². The van der Waals surface area contributed by atoms with E-state index in [4.69, 9.17) is 27.9 Å². The zero-order chi connectivity index (χ0) is 18.7. The standard InChI is InChI=1S/C21H14Cl2O3/c1-13-12-14(26-21(25)17-7-3-5-9-19(17)23)10-11-15(13)20(24)16-6-2-4-8-18(16)22/h2-12H,1H3. The Kier molecular flexibility index (Phi) is 5.40. The van der Waals surface area contributed by atoms with Gasteiger partial charge in [0.05, 0.1) is 15.6 Å². The van der Waals surface area contributed by atoms with Gasteiger partial charge in [0.1, 0.15) is 5.75 Å². The third kappa shape index (κ3) is 3.79. The highest BCUT2D eigenvalue weighted by atomic mass is 35.5. The quantitative estimate of drug-likeness (QED) is 0.326. The Morgan fingerprint density at radius 2 is 1.35 bits per heavy atom. The van der Waals surface area contributed by atoms with Crippen LogP contribution in [-0.4, -0.2) is 11.8 Å². The molecule has 0 N–H and O–H groups in total. The highest BCUT2D eigenvalue weighted by Gasteiger charge is 2.17.